The van der Waals surface area contributed by atoms with Crippen LogP contribution in [0.4, 0.5) is 0 Å². The zero-order valence-corrected chi connectivity index (χ0v) is 20.9. The summed E-state index contributed by atoms with van der Waals surface area (Å²) in [5.41, 5.74) is 1.14. The van der Waals surface area contributed by atoms with Gasteiger partial charge < -0.3 is 40.2 Å². The molecule has 4 fully saturated rings. The molecule has 2 amide bonds. The van der Waals surface area contributed by atoms with Crippen LogP contribution in [0.1, 0.15) is 37.8 Å². The van der Waals surface area contributed by atoms with Gasteiger partial charge in [0.2, 0.25) is 11.8 Å². The van der Waals surface area contributed by atoms with E-state index in [9.17, 15) is 40.2 Å². The van der Waals surface area contributed by atoms with Crippen LogP contribution in [0, 0.1) is 23.7 Å². The van der Waals surface area contributed by atoms with Gasteiger partial charge in [-0.05, 0) is 25.3 Å². The highest BCUT2D eigenvalue weighted by molar-refractivity contribution is 6.06. The Bertz CT molecular complexity index is 1070. The highest BCUT2D eigenvalue weighted by atomic mass is 16.8. The molecule has 12 nitrogen and oxygen atoms in total. The van der Waals surface area contributed by atoms with E-state index in [1.54, 1.807) is 6.92 Å². The topological polar surface area (TPSA) is 190 Å². The molecule has 2 heterocycles. The Balaban J connectivity index is 1.39. The fraction of sp³-hybridized carbons (Fsp3) is 0.654. The van der Waals surface area contributed by atoms with Crippen molar-refractivity contribution < 1.29 is 49.8 Å². The lowest BCUT2D eigenvalue weighted by atomic mass is 9.60. The lowest BCUT2D eigenvalue weighted by molar-refractivity contribution is -0.301. The molecule has 12 atom stereocenters. The summed E-state index contributed by atoms with van der Waals surface area (Å²) in [7, 11) is 0. The second-order valence-electron chi connectivity index (χ2n) is 10.7. The van der Waals surface area contributed by atoms with Gasteiger partial charge in [-0.1, -0.05) is 35.5 Å². The molecular formula is C26H34N2O10. The molecule has 2 aliphatic heterocycles. The molecular weight excluding hydrogens is 500 g/mol. The molecule has 4 aliphatic rings. The molecule has 1 aromatic carbocycles. The van der Waals surface area contributed by atoms with Crippen molar-refractivity contribution in [3.63, 3.8) is 0 Å². The highest BCUT2D eigenvalue weighted by Crippen LogP contribution is 2.51. The standard InChI is InChI=1S/C26H34N2O10/c1-11(12-5-3-2-4-6-12)28-24(35)14-8-7-13-15(9-16(30)20(31)18(13)19(14)25(28)36)27-38-26-23(34)22(33)21(32)17(10-29)37-26/h2-6,11,13-14,16-23,26,29-34H,7-10H2,1H3/t11-,13-,14+,16+,17+,18-,19+,20+,21+,22-,23+,26-/m0/s1. The molecule has 38 heavy (non-hydrogen) atoms. The summed E-state index contributed by atoms with van der Waals surface area (Å²) in [4.78, 5) is 33.7. The van der Waals surface area contributed by atoms with E-state index in [1.165, 1.54) is 4.90 Å². The van der Waals surface area contributed by atoms with Crippen LogP contribution in [0.15, 0.2) is 35.5 Å². The van der Waals surface area contributed by atoms with Crippen LogP contribution in [0.5, 0.6) is 0 Å². The van der Waals surface area contributed by atoms with Gasteiger partial charge in [0.25, 0.3) is 6.29 Å². The fourth-order valence-corrected chi connectivity index (χ4v) is 6.53. The summed E-state index contributed by atoms with van der Waals surface area (Å²) in [6.07, 6.45) is -9.34. The number of fused-ring (bicyclic) bond motifs is 3. The predicted molar refractivity (Wildman–Crippen MR) is 129 cm³/mol. The summed E-state index contributed by atoms with van der Waals surface area (Å²) in [5, 5.41) is 65.4. The molecule has 208 valence electrons. The average molecular weight is 535 g/mol. The zero-order chi connectivity index (χ0) is 27.3. The molecule has 0 aromatic heterocycles. The van der Waals surface area contributed by atoms with Gasteiger partial charge in [0.15, 0.2) is 0 Å². The van der Waals surface area contributed by atoms with Crippen molar-refractivity contribution in [2.45, 2.75) is 75.1 Å². The van der Waals surface area contributed by atoms with Gasteiger partial charge in [-0.2, -0.15) is 0 Å². The lowest BCUT2D eigenvalue weighted by Crippen LogP contribution is -2.59. The van der Waals surface area contributed by atoms with E-state index in [0.29, 0.717) is 18.6 Å². The number of carbonyl (C=O) groups excluding carboxylic acids is 2. The van der Waals surface area contributed by atoms with Crippen LogP contribution in [-0.2, 0) is 19.2 Å². The number of carbonyl (C=O) groups is 2. The van der Waals surface area contributed by atoms with Crippen LogP contribution >= 0.6 is 0 Å². The number of amides is 2. The first-order valence-electron chi connectivity index (χ1n) is 13.0. The van der Waals surface area contributed by atoms with Gasteiger partial charge in [0.1, 0.15) is 24.4 Å². The van der Waals surface area contributed by atoms with E-state index >= 15 is 0 Å². The molecule has 0 bridgehead atoms. The Labute approximate surface area is 219 Å². The van der Waals surface area contributed by atoms with Crippen LogP contribution in [-0.4, -0.2) is 103 Å². The van der Waals surface area contributed by atoms with Crippen molar-refractivity contribution in [3.8, 4) is 0 Å². The minimum Gasteiger partial charge on any atom is -0.394 e. The lowest BCUT2D eigenvalue weighted by Gasteiger charge is -2.45. The fourth-order valence-electron chi connectivity index (χ4n) is 6.53. The van der Waals surface area contributed by atoms with E-state index in [4.69, 9.17) is 9.57 Å². The Morgan fingerprint density at radius 2 is 1.66 bits per heavy atom. The van der Waals surface area contributed by atoms with E-state index in [-0.39, 0.29) is 12.3 Å². The molecule has 6 N–H and O–H groups in total. The Morgan fingerprint density at radius 1 is 0.974 bits per heavy atom. The number of likely N-dealkylation sites (tertiary alicyclic amines) is 1. The number of rotatable bonds is 5. The summed E-state index contributed by atoms with van der Waals surface area (Å²) in [6.45, 7) is 1.15. The number of aliphatic hydroxyl groups is 6. The number of aliphatic hydroxyl groups excluding tert-OH is 6. The third-order valence-electron chi connectivity index (χ3n) is 8.61. The van der Waals surface area contributed by atoms with Gasteiger partial charge in [0.05, 0.1) is 42.4 Å². The Hall–Kier alpha value is -2.45. The Kier molecular flexibility index (Phi) is 7.57. The van der Waals surface area contributed by atoms with Crippen molar-refractivity contribution in [2.24, 2.45) is 28.8 Å². The van der Waals surface area contributed by atoms with Gasteiger partial charge in [-0.3, -0.25) is 14.5 Å². The number of imide groups is 1. The van der Waals surface area contributed by atoms with E-state index in [2.05, 4.69) is 5.16 Å². The average Bonchev–Trinajstić information content (AvgIpc) is 3.18. The van der Waals surface area contributed by atoms with Crippen molar-refractivity contribution in [2.75, 3.05) is 6.61 Å². The van der Waals surface area contributed by atoms with Crippen molar-refractivity contribution in [1.82, 2.24) is 4.90 Å². The van der Waals surface area contributed by atoms with Gasteiger partial charge >= 0.3 is 0 Å². The van der Waals surface area contributed by atoms with Crippen LogP contribution < -0.4 is 0 Å². The zero-order valence-electron chi connectivity index (χ0n) is 20.9. The van der Waals surface area contributed by atoms with Gasteiger partial charge in [-0.25, -0.2) is 0 Å². The first kappa shape index (κ1) is 27.1. The molecule has 12 heteroatoms. The quantitative estimate of drug-likeness (QED) is 0.195. The van der Waals surface area contributed by atoms with Gasteiger partial charge in [0, 0.05) is 18.3 Å². The van der Waals surface area contributed by atoms with Crippen LogP contribution in [0.2, 0.25) is 0 Å². The minimum absolute atomic E-state index is 0.0661. The van der Waals surface area contributed by atoms with E-state index in [1.807, 2.05) is 30.3 Å². The number of hydrogen-bond donors (Lipinski definition) is 6. The van der Waals surface area contributed by atoms with E-state index in [0.717, 1.165) is 5.56 Å². The summed E-state index contributed by atoms with van der Waals surface area (Å²) in [6, 6.07) is 8.71. The maximum Gasteiger partial charge on any atom is 0.256 e. The monoisotopic (exact) mass is 534 g/mol. The second-order valence-corrected chi connectivity index (χ2v) is 10.7. The third kappa shape index (κ3) is 4.43. The minimum atomic E-state index is -1.66. The van der Waals surface area contributed by atoms with Crippen LogP contribution in [0.3, 0.4) is 0 Å². The molecule has 2 saturated heterocycles. The molecule has 2 aliphatic carbocycles. The first-order valence-corrected chi connectivity index (χ1v) is 13.0. The third-order valence-corrected chi connectivity index (χ3v) is 8.61. The molecule has 2 saturated carbocycles. The maximum atomic E-state index is 13.7. The highest BCUT2D eigenvalue weighted by Gasteiger charge is 2.60. The summed E-state index contributed by atoms with van der Waals surface area (Å²) < 4.78 is 5.33. The summed E-state index contributed by atoms with van der Waals surface area (Å²) >= 11 is 0. The number of ether oxygens (including phenoxy) is 1. The molecule has 0 spiro atoms. The number of nitrogens with zero attached hydrogens (tertiary/aromatic N) is 2. The van der Waals surface area contributed by atoms with Crippen molar-refractivity contribution in [1.29, 1.82) is 0 Å². The molecule has 5 rings (SSSR count). The predicted octanol–water partition coefficient (Wildman–Crippen LogP) is -1.33. The number of benzene rings is 1. The normalized spacial score (nSPS) is 43.1. The molecule has 0 radical (unpaired) electrons. The van der Waals surface area contributed by atoms with Gasteiger partial charge in [-0.15, -0.1) is 0 Å². The molecule has 1 aromatic rings. The number of hydrogen-bond acceptors (Lipinski definition) is 11. The maximum absolute atomic E-state index is 13.7. The first-order chi connectivity index (χ1) is 18.1. The number of oxime groups is 1. The van der Waals surface area contributed by atoms with Crippen molar-refractivity contribution >= 4 is 17.5 Å². The largest absolute Gasteiger partial charge is 0.394 e. The van der Waals surface area contributed by atoms with E-state index < -0.39 is 85.1 Å². The van der Waals surface area contributed by atoms with Crippen molar-refractivity contribution in [3.05, 3.63) is 35.9 Å². The van der Waals surface area contributed by atoms with Crippen LogP contribution in [0.25, 0.3) is 0 Å². The SMILES string of the molecule is C[C@@H](c1ccccc1)N1C(=O)[C@H]2[C@H]3[C@H](O)[C@H](O)CC(=NO[C@@H]4O[C@H](CO)[C@@H](O)[C@H](O)[C@H]4O)[C@@H]3CC[C@H]2C1=O. The summed E-state index contributed by atoms with van der Waals surface area (Å²) in [5.74, 6) is -3.41. The second kappa shape index (κ2) is 10.6. The smallest absolute Gasteiger partial charge is 0.256 e. The Morgan fingerprint density at radius 3 is 2.34 bits per heavy atom. The molecule has 0 unspecified atom stereocenters.